The fourth-order valence-electron chi connectivity index (χ4n) is 2.44. The zero-order valence-corrected chi connectivity index (χ0v) is 15.8. The number of carbonyl (C=O) groups excluding carboxylic acids is 3. The van der Waals surface area contributed by atoms with Gasteiger partial charge in [0, 0.05) is 12.6 Å². The molecule has 6 nitrogen and oxygen atoms in total. The fourth-order valence-corrected chi connectivity index (χ4v) is 2.44. The van der Waals surface area contributed by atoms with Crippen LogP contribution in [0.3, 0.4) is 0 Å². The summed E-state index contributed by atoms with van der Waals surface area (Å²) in [5.41, 5.74) is 2.70. The van der Waals surface area contributed by atoms with Gasteiger partial charge in [0.15, 0.2) is 0 Å². The lowest BCUT2D eigenvalue weighted by Crippen LogP contribution is -2.40. The van der Waals surface area contributed by atoms with E-state index < -0.39 is 11.8 Å². The van der Waals surface area contributed by atoms with Gasteiger partial charge in [0.25, 0.3) is 5.91 Å². The van der Waals surface area contributed by atoms with Crippen molar-refractivity contribution in [1.82, 2.24) is 10.6 Å². The minimum Gasteiger partial charge on any atom is -0.348 e. The third kappa shape index (κ3) is 5.67. The lowest BCUT2D eigenvalue weighted by molar-refractivity contribution is -0.136. The average molecular weight is 367 g/mol. The van der Waals surface area contributed by atoms with Crippen molar-refractivity contribution >= 4 is 23.4 Å². The van der Waals surface area contributed by atoms with Gasteiger partial charge in [-0.1, -0.05) is 43.3 Å². The van der Waals surface area contributed by atoms with Crippen LogP contribution in [0.25, 0.3) is 0 Å². The Kier molecular flexibility index (Phi) is 7.11. The van der Waals surface area contributed by atoms with Crippen molar-refractivity contribution in [2.24, 2.45) is 0 Å². The van der Waals surface area contributed by atoms with E-state index in [0.717, 1.165) is 17.5 Å². The Balaban J connectivity index is 2.06. The molecule has 0 fully saturated rings. The van der Waals surface area contributed by atoms with Gasteiger partial charge in [-0.2, -0.15) is 0 Å². The molecule has 1 atom stereocenters. The van der Waals surface area contributed by atoms with Crippen LogP contribution < -0.4 is 16.0 Å². The molecule has 0 radical (unpaired) electrons. The molecule has 0 aliphatic rings. The van der Waals surface area contributed by atoms with Crippen molar-refractivity contribution in [3.63, 3.8) is 0 Å². The molecule has 6 heteroatoms. The first-order valence-electron chi connectivity index (χ1n) is 8.96. The van der Waals surface area contributed by atoms with E-state index in [4.69, 9.17) is 0 Å². The number of nitrogens with one attached hydrogen (secondary N) is 3. The second-order valence-corrected chi connectivity index (χ2v) is 6.39. The summed E-state index contributed by atoms with van der Waals surface area (Å²) in [5.74, 6) is -1.84. The Morgan fingerprint density at radius 2 is 1.63 bits per heavy atom. The van der Waals surface area contributed by atoms with Crippen LogP contribution in [0, 0.1) is 6.92 Å². The highest BCUT2D eigenvalue weighted by Crippen LogP contribution is 2.15. The summed E-state index contributed by atoms with van der Waals surface area (Å²) in [6, 6.07) is 14.3. The van der Waals surface area contributed by atoms with E-state index in [2.05, 4.69) is 16.0 Å². The maximum Gasteiger partial charge on any atom is 0.313 e. The van der Waals surface area contributed by atoms with E-state index in [0.29, 0.717) is 17.8 Å². The summed E-state index contributed by atoms with van der Waals surface area (Å²) < 4.78 is 0. The van der Waals surface area contributed by atoms with E-state index in [1.54, 1.807) is 24.3 Å². The standard InChI is InChI=1S/C21H25N3O3/c1-4-15(3)23-20(26)21(27)24-18-12-8-7-11-17(18)19(25)22-13-16-10-6-5-9-14(16)2/h5-12,15H,4,13H2,1-3H3,(H,22,25)(H,23,26)(H,24,27)/t15-/m1/s1. The number of benzene rings is 2. The Morgan fingerprint density at radius 3 is 2.33 bits per heavy atom. The zero-order valence-electron chi connectivity index (χ0n) is 15.8. The SMILES string of the molecule is CC[C@@H](C)NC(=O)C(=O)Nc1ccccc1C(=O)NCc1ccccc1C. The quantitative estimate of drug-likeness (QED) is 0.686. The molecule has 0 bridgehead atoms. The van der Waals surface area contributed by atoms with Gasteiger partial charge >= 0.3 is 11.8 Å². The van der Waals surface area contributed by atoms with Crippen molar-refractivity contribution in [2.45, 2.75) is 39.8 Å². The largest absolute Gasteiger partial charge is 0.348 e. The highest BCUT2D eigenvalue weighted by Gasteiger charge is 2.18. The molecule has 142 valence electrons. The van der Waals surface area contributed by atoms with Crippen molar-refractivity contribution in [1.29, 1.82) is 0 Å². The maximum atomic E-state index is 12.6. The van der Waals surface area contributed by atoms with Crippen molar-refractivity contribution < 1.29 is 14.4 Å². The number of para-hydroxylation sites is 1. The highest BCUT2D eigenvalue weighted by molar-refractivity contribution is 6.40. The molecule has 0 spiro atoms. The first-order chi connectivity index (χ1) is 12.9. The highest BCUT2D eigenvalue weighted by atomic mass is 16.2. The second kappa shape index (κ2) is 9.52. The topological polar surface area (TPSA) is 87.3 Å². The molecule has 3 amide bonds. The van der Waals surface area contributed by atoms with Crippen LogP contribution in [0.1, 0.15) is 41.8 Å². The number of amides is 3. The molecule has 2 aromatic carbocycles. The zero-order chi connectivity index (χ0) is 19.8. The summed E-state index contributed by atoms with van der Waals surface area (Å²) >= 11 is 0. The smallest absolute Gasteiger partial charge is 0.313 e. The summed E-state index contributed by atoms with van der Waals surface area (Å²) in [6.45, 7) is 6.09. The van der Waals surface area contributed by atoms with E-state index in [9.17, 15) is 14.4 Å². The van der Waals surface area contributed by atoms with Gasteiger partial charge in [0.2, 0.25) is 0 Å². The molecule has 0 aliphatic carbocycles. The summed E-state index contributed by atoms with van der Waals surface area (Å²) in [5, 5.41) is 7.97. The Hall–Kier alpha value is -3.15. The van der Waals surface area contributed by atoms with Gasteiger partial charge in [-0.25, -0.2) is 0 Å². The minimum atomic E-state index is -0.797. The third-order valence-corrected chi connectivity index (χ3v) is 4.32. The first kappa shape index (κ1) is 20.2. The van der Waals surface area contributed by atoms with Gasteiger partial charge in [-0.15, -0.1) is 0 Å². The van der Waals surface area contributed by atoms with Gasteiger partial charge in [0.05, 0.1) is 11.3 Å². The van der Waals surface area contributed by atoms with Crippen molar-refractivity contribution in [2.75, 3.05) is 5.32 Å². The molecule has 0 unspecified atom stereocenters. The van der Waals surface area contributed by atoms with Crippen LogP contribution in [-0.2, 0) is 16.1 Å². The molecule has 2 rings (SSSR count). The third-order valence-electron chi connectivity index (χ3n) is 4.32. The van der Waals surface area contributed by atoms with E-state index in [1.165, 1.54) is 0 Å². The lowest BCUT2D eigenvalue weighted by Gasteiger charge is -2.14. The monoisotopic (exact) mass is 367 g/mol. The van der Waals surface area contributed by atoms with Crippen molar-refractivity contribution in [3.05, 3.63) is 65.2 Å². The molecule has 0 saturated carbocycles. The van der Waals surface area contributed by atoms with Gasteiger partial charge in [-0.05, 0) is 43.5 Å². The van der Waals surface area contributed by atoms with Gasteiger partial charge < -0.3 is 16.0 Å². The molecule has 0 saturated heterocycles. The molecule has 27 heavy (non-hydrogen) atoms. The van der Waals surface area contributed by atoms with Crippen LogP contribution in [0.15, 0.2) is 48.5 Å². The first-order valence-corrected chi connectivity index (χ1v) is 8.96. The molecule has 0 aromatic heterocycles. The Morgan fingerprint density at radius 1 is 0.963 bits per heavy atom. The van der Waals surface area contributed by atoms with Crippen LogP contribution in [-0.4, -0.2) is 23.8 Å². The Labute approximate surface area is 159 Å². The fraction of sp³-hybridized carbons (Fsp3) is 0.286. The summed E-state index contributed by atoms with van der Waals surface area (Å²) in [6.07, 6.45) is 0.719. The normalized spacial score (nSPS) is 11.4. The molecule has 3 N–H and O–H groups in total. The molecule has 0 aliphatic heterocycles. The van der Waals surface area contributed by atoms with Crippen molar-refractivity contribution in [3.8, 4) is 0 Å². The molecular formula is C21H25N3O3. The Bertz CT molecular complexity index is 833. The van der Waals surface area contributed by atoms with E-state index in [-0.39, 0.29) is 11.9 Å². The predicted octanol–water partition coefficient (Wildman–Crippen LogP) is 2.78. The van der Waals surface area contributed by atoms with Crippen LogP contribution in [0.2, 0.25) is 0 Å². The number of anilines is 1. The number of hydrogen-bond donors (Lipinski definition) is 3. The lowest BCUT2D eigenvalue weighted by atomic mass is 10.1. The average Bonchev–Trinajstić information content (AvgIpc) is 2.67. The number of aryl methyl sites for hydroxylation is 1. The van der Waals surface area contributed by atoms with Crippen LogP contribution in [0.5, 0.6) is 0 Å². The molecular weight excluding hydrogens is 342 g/mol. The molecule has 0 heterocycles. The predicted molar refractivity (Wildman–Crippen MR) is 105 cm³/mol. The van der Waals surface area contributed by atoms with Crippen LogP contribution in [0.4, 0.5) is 5.69 Å². The van der Waals surface area contributed by atoms with E-state index in [1.807, 2.05) is 45.0 Å². The number of carbonyl (C=O) groups is 3. The summed E-state index contributed by atoms with van der Waals surface area (Å²) in [4.78, 5) is 36.6. The maximum absolute atomic E-state index is 12.6. The molecule has 2 aromatic rings. The minimum absolute atomic E-state index is 0.101. The van der Waals surface area contributed by atoms with Crippen LogP contribution >= 0.6 is 0 Å². The number of rotatable bonds is 6. The van der Waals surface area contributed by atoms with Gasteiger partial charge in [0.1, 0.15) is 0 Å². The number of hydrogen-bond acceptors (Lipinski definition) is 3. The summed E-state index contributed by atoms with van der Waals surface area (Å²) in [7, 11) is 0. The second-order valence-electron chi connectivity index (χ2n) is 6.39. The van der Waals surface area contributed by atoms with Gasteiger partial charge in [-0.3, -0.25) is 14.4 Å². The van der Waals surface area contributed by atoms with E-state index >= 15 is 0 Å².